The number of aliphatic hydroxyl groups is 4. The van der Waals surface area contributed by atoms with E-state index in [4.69, 9.17) is 5.11 Å². The number of carboxylic acids is 1. The third-order valence-corrected chi connectivity index (χ3v) is 7.89. The number of rotatable bonds is 7. The molecule has 0 spiro atoms. The van der Waals surface area contributed by atoms with E-state index in [1.54, 1.807) is 0 Å². The number of phenols is 1. The minimum absolute atomic E-state index is 0.00246. The summed E-state index contributed by atoms with van der Waals surface area (Å²) >= 11 is 0. The van der Waals surface area contributed by atoms with Gasteiger partial charge in [-0.05, 0) is 39.1 Å². The third-order valence-electron chi connectivity index (χ3n) is 7.89. The van der Waals surface area contributed by atoms with Gasteiger partial charge in [0.25, 0.3) is 5.91 Å². The molecule has 0 radical (unpaired) electrons. The Hall–Kier alpha value is -3.78. The van der Waals surface area contributed by atoms with E-state index >= 15 is 0 Å². The fourth-order valence-corrected chi connectivity index (χ4v) is 6.00. The lowest BCUT2D eigenvalue weighted by Crippen LogP contribution is -2.67. The van der Waals surface area contributed by atoms with Crippen LogP contribution in [0, 0.1) is 11.8 Å². The standard InChI is InChI=1S/C26H31N3O10/c1-25(38)11-5-4-6-14(30)16(11)20(33)17-12(25)9-13-19(29(2)3)21(34)18(23(36)26(13,39)22(17)35)24(37)28-10-27-8-7-15(31)32/h4-6,12-13,19,27,30,33,36,38-39H,7-10H2,1-3H3,(H,28,37)(H,31,32)/t12-,13-,19-,25-,26+/m0/s1. The van der Waals surface area contributed by atoms with Crippen LogP contribution >= 0.6 is 0 Å². The third kappa shape index (κ3) is 4.18. The molecule has 1 aromatic rings. The Morgan fingerprint density at radius 2 is 1.79 bits per heavy atom. The molecule has 0 saturated heterocycles. The van der Waals surface area contributed by atoms with Crippen LogP contribution in [-0.4, -0.2) is 97.9 Å². The molecule has 0 aliphatic heterocycles. The number of carbonyl (C=O) groups is 4. The summed E-state index contributed by atoms with van der Waals surface area (Å²) in [7, 11) is 2.99. The molecule has 5 atom stereocenters. The fraction of sp³-hybridized carbons (Fsp3) is 0.462. The second kappa shape index (κ2) is 9.75. The van der Waals surface area contributed by atoms with Crippen LogP contribution in [0.5, 0.6) is 5.75 Å². The first kappa shape index (κ1) is 28.2. The zero-order chi connectivity index (χ0) is 29.0. The number of carbonyl (C=O) groups excluding carboxylic acids is 3. The summed E-state index contributed by atoms with van der Waals surface area (Å²) in [5.74, 6) is -8.98. The zero-order valence-corrected chi connectivity index (χ0v) is 21.6. The van der Waals surface area contributed by atoms with Gasteiger partial charge in [0.05, 0.1) is 30.3 Å². The average Bonchev–Trinajstić information content (AvgIpc) is 2.84. The molecule has 0 heterocycles. The van der Waals surface area contributed by atoms with Crippen molar-refractivity contribution in [1.29, 1.82) is 0 Å². The van der Waals surface area contributed by atoms with Crippen LogP contribution in [0.1, 0.15) is 30.9 Å². The number of ketones is 2. The Morgan fingerprint density at radius 3 is 2.41 bits per heavy atom. The second-order valence-electron chi connectivity index (χ2n) is 10.4. The number of likely N-dealkylation sites (N-methyl/N-ethyl adjacent to an activating group) is 1. The first-order chi connectivity index (χ1) is 18.2. The number of amides is 1. The van der Waals surface area contributed by atoms with Crippen molar-refractivity contribution in [1.82, 2.24) is 15.5 Å². The highest BCUT2D eigenvalue weighted by molar-refractivity contribution is 6.25. The van der Waals surface area contributed by atoms with Gasteiger partial charge in [0.1, 0.15) is 22.8 Å². The number of fused-ring (bicyclic) bond motifs is 3. The van der Waals surface area contributed by atoms with E-state index in [-0.39, 0.29) is 37.2 Å². The van der Waals surface area contributed by atoms with Crippen molar-refractivity contribution in [3.05, 3.63) is 46.2 Å². The summed E-state index contributed by atoms with van der Waals surface area (Å²) in [6.45, 7) is 1.12. The monoisotopic (exact) mass is 545 g/mol. The molecule has 210 valence electrons. The molecule has 1 saturated carbocycles. The van der Waals surface area contributed by atoms with Gasteiger partial charge in [-0.2, -0.15) is 0 Å². The number of Topliss-reactive ketones (excluding diaryl/α,β-unsaturated/α-hetero) is 2. The molecule has 3 aliphatic rings. The van der Waals surface area contributed by atoms with Gasteiger partial charge in [0.15, 0.2) is 11.4 Å². The smallest absolute Gasteiger partial charge is 0.304 e. The number of aliphatic carboxylic acids is 1. The van der Waals surface area contributed by atoms with Crippen LogP contribution in [0.25, 0.3) is 5.76 Å². The summed E-state index contributed by atoms with van der Waals surface area (Å²) in [5, 5.41) is 69.7. The average molecular weight is 546 g/mol. The topological polar surface area (TPSA) is 217 Å². The molecular weight excluding hydrogens is 514 g/mol. The number of nitrogens with zero attached hydrogens (tertiary/aromatic N) is 1. The van der Waals surface area contributed by atoms with Crippen molar-refractivity contribution in [2.24, 2.45) is 11.8 Å². The minimum atomic E-state index is -2.82. The molecule has 13 heteroatoms. The second-order valence-corrected chi connectivity index (χ2v) is 10.4. The molecule has 8 N–H and O–H groups in total. The van der Waals surface area contributed by atoms with Crippen molar-refractivity contribution in [2.45, 2.75) is 37.0 Å². The maximum atomic E-state index is 14.0. The molecule has 0 aromatic heterocycles. The fourth-order valence-electron chi connectivity index (χ4n) is 6.00. The van der Waals surface area contributed by atoms with E-state index in [1.165, 1.54) is 44.1 Å². The first-order valence-corrected chi connectivity index (χ1v) is 12.3. The predicted octanol–water partition coefficient (Wildman–Crippen LogP) is -0.718. The number of nitrogens with one attached hydrogen (secondary N) is 2. The van der Waals surface area contributed by atoms with Gasteiger partial charge in [-0.25, -0.2) is 0 Å². The molecule has 4 rings (SSSR count). The summed E-state index contributed by atoms with van der Waals surface area (Å²) < 4.78 is 0. The number of benzene rings is 1. The van der Waals surface area contributed by atoms with E-state index in [1.807, 2.05) is 0 Å². The highest BCUT2D eigenvalue weighted by atomic mass is 16.4. The van der Waals surface area contributed by atoms with Crippen LogP contribution in [0.3, 0.4) is 0 Å². The first-order valence-electron chi connectivity index (χ1n) is 12.3. The van der Waals surface area contributed by atoms with E-state index < -0.39 is 80.9 Å². The van der Waals surface area contributed by atoms with Crippen LogP contribution < -0.4 is 10.6 Å². The molecule has 0 bridgehead atoms. The van der Waals surface area contributed by atoms with E-state index in [0.717, 1.165) is 0 Å². The number of carboxylic acid groups (broad SMARTS) is 1. The maximum absolute atomic E-state index is 14.0. The van der Waals surface area contributed by atoms with Crippen molar-refractivity contribution in [2.75, 3.05) is 27.3 Å². The summed E-state index contributed by atoms with van der Waals surface area (Å²) in [6, 6.07) is 2.92. The molecule has 1 aromatic carbocycles. The van der Waals surface area contributed by atoms with Crippen molar-refractivity contribution in [3.8, 4) is 5.75 Å². The summed E-state index contributed by atoms with van der Waals surface area (Å²) in [6.07, 6.45) is -0.475. The number of aromatic hydroxyl groups is 1. The highest BCUT2D eigenvalue weighted by Crippen LogP contribution is 2.57. The number of hydrogen-bond donors (Lipinski definition) is 8. The van der Waals surface area contributed by atoms with Gasteiger partial charge in [-0.3, -0.25) is 29.4 Å². The SMILES string of the molecule is CN(C)[C@@H]1C(=O)C(C(=O)NCNCCC(=O)O)=C(O)[C@]2(O)C(=O)C3=C(O)c4c(O)cccc4[C@](C)(O)[C@H]3C[C@@H]12. The summed E-state index contributed by atoms with van der Waals surface area (Å²) in [4.78, 5) is 52.5. The van der Waals surface area contributed by atoms with Gasteiger partial charge in [0.2, 0.25) is 5.78 Å². The lowest BCUT2D eigenvalue weighted by Gasteiger charge is -2.53. The Kier molecular flexibility index (Phi) is 7.06. The predicted molar refractivity (Wildman–Crippen MR) is 134 cm³/mol. The Labute approximate surface area is 223 Å². The Morgan fingerprint density at radius 1 is 1.13 bits per heavy atom. The lowest BCUT2D eigenvalue weighted by atomic mass is 9.54. The van der Waals surface area contributed by atoms with E-state index in [0.29, 0.717) is 0 Å². The highest BCUT2D eigenvalue weighted by Gasteiger charge is 2.66. The van der Waals surface area contributed by atoms with E-state index in [9.17, 15) is 44.7 Å². The van der Waals surface area contributed by atoms with Crippen molar-refractivity contribution >= 4 is 29.2 Å². The lowest BCUT2D eigenvalue weighted by molar-refractivity contribution is -0.159. The molecule has 0 unspecified atom stereocenters. The van der Waals surface area contributed by atoms with Crippen LogP contribution in [0.4, 0.5) is 0 Å². The molecule has 3 aliphatic carbocycles. The van der Waals surface area contributed by atoms with Gasteiger partial charge in [-0.1, -0.05) is 12.1 Å². The van der Waals surface area contributed by atoms with Gasteiger partial charge < -0.3 is 36.0 Å². The van der Waals surface area contributed by atoms with Crippen LogP contribution in [0.15, 0.2) is 35.1 Å². The van der Waals surface area contributed by atoms with Gasteiger partial charge in [0, 0.05) is 24.0 Å². The van der Waals surface area contributed by atoms with E-state index in [2.05, 4.69) is 10.6 Å². The van der Waals surface area contributed by atoms with Crippen molar-refractivity contribution in [3.63, 3.8) is 0 Å². The quantitative estimate of drug-likeness (QED) is 0.121. The maximum Gasteiger partial charge on any atom is 0.304 e. The largest absolute Gasteiger partial charge is 0.508 e. The molecule has 39 heavy (non-hydrogen) atoms. The number of aliphatic hydroxyl groups excluding tert-OH is 2. The molecule has 13 nitrogen and oxygen atoms in total. The minimum Gasteiger partial charge on any atom is -0.508 e. The number of phenolic OH excluding ortho intramolecular Hbond substituents is 1. The van der Waals surface area contributed by atoms with Crippen LogP contribution in [0.2, 0.25) is 0 Å². The normalized spacial score (nSPS) is 30.2. The van der Waals surface area contributed by atoms with Crippen molar-refractivity contribution < 1.29 is 49.8 Å². The molecule has 1 fully saturated rings. The van der Waals surface area contributed by atoms with Crippen LogP contribution in [-0.2, 0) is 24.8 Å². The molecular formula is C26H31N3O10. The van der Waals surface area contributed by atoms with Gasteiger partial charge in [-0.15, -0.1) is 0 Å². The number of hydrogen-bond acceptors (Lipinski definition) is 11. The zero-order valence-electron chi connectivity index (χ0n) is 21.6. The Bertz CT molecular complexity index is 1330. The summed E-state index contributed by atoms with van der Waals surface area (Å²) in [5.41, 5.74) is -5.99. The van der Waals surface area contributed by atoms with Gasteiger partial charge >= 0.3 is 5.97 Å². The molecule has 1 amide bonds. The Balaban J connectivity index is 1.82.